The van der Waals surface area contributed by atoms with Gasteiger partial charge in [-0.05, 0) is 35.8 Å². The number of benzene rings is 1. The largest absolute Gasteiger partial charge is 0.376 e. The van der Waals surface area contributed by atoms with E-state index in [2.05, 4.69) is 47.9 Å². The summed E-state index contributed by atoms with van der Waals surface area (Å²) in [5.74, 6) is 0.588. The Balaban J connectivity index is 1.99. The van der Waals surface area contributed by atoms with Crippen molar-refractivity contribution in [1.82, 2.24) is 4.90 Å². The van der Waals surface area contributed by atoms with Gasteiger partial charge in [-0.3, -0.25) is 0 Å². The van der Waals surface area contributed by atoms with E-state index >= 15 is 0 Å². The van der Waals surface area contributed by atoms with Crippen LogP contribution < -0.4 is 10.6 Å². The predicted octanol–water partition coefficient (Wildman–Crippen LogP) is 2.18. The average molecular weight is 263 g/mol. The molecule has 18 heavy (non-hydrogen) atoms. The highest BCUT2D eigenvalue weighted by atomic mass is 32.1. The summed E-state index contributed by atoms with van der Waals surface area (Å²) in [7, 11) is 0. The lowest BCUT2D eigenvalue weighted by molar-refractivity contribution is 0.388. The molecule has 0 aliphatic carbocycles. The third-order valence-electron chi connectivity index (χ3n) is 3.52. The molecule has 1 heterocycles. The van der Waals surface area contributed by atoms with Gasteiger partial charge in [-0.2, -0.15) is 0 Å². The molecule has 0 saturated carbocycles. The average Bonchev–Trinajstić information content (AvgIpc) is 2.39. The topological polar surface area (TPSA) is 32.5 Å². The first-order chi connectivity index (χ1) is 8.58. The summed E-state index contributed by atoms with van der Waals surface area (Å²) in [6.45, 7) is 8.24. The molecule has 0 bridgehead atoms. The molecule has 0 spiro atoms. The van der Waals surface area contributed by atoms with Gasteiger partial charge in [0.2, 0.25) is 0 Å². The van der Waals surface area contributed by atoms with Crippen LogP contribution in [0.2, 0.25) is 0 Å². The SMILES string of the molecule is CC(C)c1ccc(N2CCN(C(N)=S)CC2)cc1. The van der Waals surface area contributed by atoms with Crippen LogP contribution in [0.5, 0.6) is 0 Å². The van der Waals surface area contributed by atoms with Crippen LogP contribution in [0, 0.1) is 0 Å². The fourth-order valence-corrected chi connectivity index (χ4v) is 2.44. The van der Waals surface area contributed by atoms with E-state index in [1.807, 2.05) is 0 Å². The lowest BCUT2D eigenvalue weighted by atomic mass is 10.0. The molecule has 2 rings (SSSR count). The first kappa shape index (κ1) is 13.1. The maximum atomic E-state index is 5.64. The molecule has 1 fully saturated rings. The maximum Gasteiger partial charge on any atom is 0.166 e. The predicted molar refractivity (Wildman–Crippen MR) is 81.1 cm³/mol. The Morgan fingerprint density at radius 2 is 1.67 bits per heavy atom. The van der Waals surface area contributed by atoms with Gasteiger partial charge in [0.05, 0.1) is 0 Å². The fourth-order valence-electron chi connectivity index (χ4n) is 2.26. The van der Waals surface area contributed by atoms with E-state index in [4.69, 9.17) is 18.0 Å². The quantitative estimate of drug-likeness (QED) is 0.829. The van der Waals surface area contributed by atoms with Gasteiger partial charge in [0, 0.05) is 31.9 Å². The summed E-state index contributed by atoms with van der Waals surface area (Å²) in [5, 5.41) is 0.518. The molecule has 0 aromatic heterocycles. The van der Waals surface area contributed by atoms with Gasteiger partial charge in [-0.1, -0.05) is 26.0 Å². The molecule has 1 aromatic carbocycles. The Hall–Kier alpha value is -1.29. The van der Waals surface area contributed by atoms with Crippen molar-refractivity contribution >= 4 is 23.0 Å². The van der Waals surface area contributed by atoms with Gasteiger partial charge in [0.25, 0.3) is 0 Å². The molecule has 0 amide bonds. The van der Waals surface area contributed by atoms with Crippen molar-refractivity contribution in [2.45, 2.75) is 19.8 Å². The van der Waals surface area contributed by atoms with Crippen LogP contribution in [-0.2, 0) is 0 Å². The van der Waals surface area contributed by atoms with Crippen LogP contribution in [0.4, 0.5) is 5.69 Å². The van der Waals surface area contributed by atoms with E-state index in [9.17, 15) is 0 Å². The van der Waals surface area contributed by atoms with E-state index in [-0.39, 0.29) is 0 Å². The van der Waals surface area contributed by atoms with Crippen LogP contribution in [0.3, 0.4) is 0 Å². The van der Waals surface area contributed by atoms with E-state index in [1.165, 1.54) is 11.3 Å². The molecular formula is C14H21N3S. The van der Waals surface area contributed by atoms with Crippen molar-refractivity contribution in [2.75, 3.05) is 31.1 Å². The van der Waals surface area contributed by atoms with Crippen LogP contribution in [0.25, 0.3) is 0 Å². The molecule has 0 atom stereocenters. The first-order valence-corrected chi connectivity index (χ1v) is 6.88. The Bertz CT molecular complexity index is 406. The molecule has 1 aliphatic rings. The summed E-state index contributed by atoms with van der Waals surface area (Å²) < 4.78 is 0. The number of nitrogens with two attached hydrogens (primary N) is 1. The Morgan fingerprint density at radius 1 is 1.11 bits per heavy atom. The lowest BCUT2D eigenvalue weighted by Crippen LogP contribution is -2.50. The minimum absolute atomic E-state index is 0.518. The number of hydrogen-bond donors (Lipinski definition) is 1. The van der Waals surface area contributed by atoms with E-state index in [0.717, 1.165) is 26.2 Å². The summed E-state index contributed by atoms with van der Waals surface area (Å²) in [6.07, 6.45) is 0. The van der Waals surface area contributed by atoms with Gasteiger partial charge in [0.15, 0.2) is 5.11 Å². The second-order valence-corrected chi connectivity index (χ2v) is 5.48. The summed E-state index contributed by atoms with van der Waals surface area (Å²) >= 11 is 5.00. The lowest BCUT2D eigenvalue weighted by Gasteiger charge is -2.36. The Kier molecular flexibility index (Phi) is 4.07. The molecule has 98 valence electrons. The standard InChI is InChI=1S/C14H21N3S/c1-11(2)12-3-5-13(6-4-12)16-7-9-17(10-8-16)14(15)18/h3-6,11H,7-10H2,1-2H3,(H2,15,18). The molecular weight excluding hydrogens is 242 g/mol. The van der Waals surface area contributed by atoms with Crippen molar-refractivity contribution in [2.24, 2.45) is 5.73 Å². The normalized spacial score (nSPS) is 16.2. The Labute approximate surface area is 115 Å². The smallest absolute Gasteiger partial charge is 0.166 e. The molecule has 1 saturated heterocycles. The second-order valence-electron chi connectivity index (χ2n) is 5.06. The van der Waals surface area contributed by atoms with Gasteiger partial charge < -0.3 is 15.5 Å². The van der Waals surface area contributed by atoms with Crippen molar-refractivity contribution in [3.8, 4) is 0 Å². The molecule has 0 radical (unpaired) electrons. The highest BCUT2D eigenvalue weighted by Crippen LogP contribution is 2.21. The van der Waals surface area contributed by atoms with Crippen LogP contribution in [0.1, 0.15) is 25.3 Å². The highest BCUT2D eigenvalue weighted by Gasteiger charge is 2.17. The van der Waals surface area contributed by atoms with Gasteiger partial charge >= 0.3 is 0 Å². The van der Waals surface area contributed by atoms with Crippen LogP contribution >= 0.6 is 12.2 Å². The number of nitrogens with zero attached hydrogens (tertiary/aromatic N) is 2. The van der Waals surface area contributed by atoms with Crippen LogP contribution in [0.15, 0.2) is 24.3 Å². The number of piperazine rings is 1. The van der Waals surface area contributed by atoms with E-state index in [0.29, 0.717) is 11.0 Å². The summed E-state index contributed by atoms with van der Waals surface area (Å²) in [6, 6.07) is 8.87. The molecule has 0 unspecified atom stereocenters. The third kappa shape index (κ3) is 2.93. The number of rotatable bonds is 2. The molecule has 1 aliphatic heterocycles. The molecule has 1 aromatic rings. The molecule has 3 nitrogen and oxygen atoms in total. The summed E-state index contributed by atoms with van der Waals surface area (Å²) in [5.41, 5.74) is 8.33. The van der Waals surface area contributed by atoms with Gasteiger partial charge in [-0.25, -0.2) is 0 Å². The summed E-state index contributed by atoms with van der Waals surface area (Å²) in [4.78, 5) is 4.45. The zero-order valence-electron chi connectivity index (χ0n) is 11.1. The van der Waals surface area contributed by atoms with Crippen molar-refractivity contribution < 1.29 is 0 Å². The number of thiocarbonyl (C=S) groups is 1. The first-order valence-electron chi connectivity index (χ1n) is 6.47. The molecule has 2 N–H and O–H groups in total. The second kappa shape index (κ2) is 5.57. The number of anilines is 1. The fraction of sp³-hybridized carbons (Fsp3) is 0.500. The van der Waals surface area contributed by atoms with E-state index in [1.54, 1.807) is 0 Å². The van der Waals surface area contributed by atoms with Crippen molar-refractivity contribution in [3.63, 3.8) is 0 Å². The zero-order chi connectivity index (χ0) is 13.1. The van der Waals surface area contributed by atoms with Gasteiger partial charge in [-0.15, -0.1) is 0 Å². The van der Waals surface area contributed by atoms with E-state index < -0.39 is 0 Å². The van der Waals surface area contributed by atoms with Gasteiger partial charge in [0.1, 0.15) is 0 Å². The zero-order valence-corrected chi connectivity index (χ0v) is 11.9. The number of hydrogen-bond acceptors (Lipinski definition) is 2. The third-order valence-corrected chi connectivity index (χ3v) is 3.77. The molecule has 4 heteroatoms. The minimum Gasteiger partial charge on any atom is -0.376 e. The van der Waals surface area contributed by atoms with Crippen molar-refractivity contribution in [3.05, 3.63) is 29.8 Å². The van der Waals surface area contributed by atoms with Crippen molar-refractivity contribution in [1.29, 1.82) is 0 Å². The maximum absolute atomic E-state index is 5.64. The Morgan fingerprint density at radius 3 is 2.11 bits per heavy atom. The minimum atomic E-state index is 0.518. The highest BCUT2D eigenvalue weighted by molar-refractivity contribution is 7.80. The monoisotopic (exact) mass is 263 g/mol. The van der Waals surface area contributed by atoms with Crippen LogP contribution in [-0.4, -0.2) is 36.2 Å².